The van der Waals surface area contributed by atoms with Gasteiger partial charge in [-0.2, -0.15) is 0 Å². The van der Waals surface area contributed by atoms with Crippen LogP contribution in [0, 0.1) is 0 Å². The number of benzene rings is 1. The van der Waals surface area contributed by atoms with E-state index in [0.717, 1.165) is 0 Å². The molecule has 1 aliphatic heterocycles. The van der Waals surface area contributed by atoms with Gasteiger partial charge in [0.2, 0.25) is 0 Å². The number of rotatable bonds is 1. The fraction of sp³-hybridized carbons (Fsp3) is 0.500. The molecule has 2 nitrogen and oxygen atoms in total. The number of halogens is 1. The van der Waals surface area contributed by atoms with Crippen molar-refractivity contribution in [1.82, 2.24) is 0 Å². The molecular formula is C12H18ClNO. The third-order valence-corrected chi connectivity index (χ3v) is 2.79. The molecule has 0 amide bonds. The van der Waals surface area contributed by atoms with Crippen molar-refractivity contribution >= 4 is 12.4 Å². The molecule has 0 bridgehead atoms. The van der Waals surface area contributed by atoms with Crippen LogP contribution in [0.15, 0.2) is 18.2 Å². The van der Waals surface area contributed by atoms with Crippen LogP contribution >= 0.6 is 12.4 Å². The van der Waals surface area contributed by atoms with Crippen molar-refractivity contribution in [2.24, 2.45) is 5.73 Å². The van der Waals surface area contributed by atoms with Gasteiger partial charge in [0.25, 0.3) is 0 Å². The van der Waals surface area contributed by atoms with Gasteiger partial charge in [0.05, 0.1) is 19.3 Å². The lowest BCUT2D eigenvalue weighted by Crippen LogP contribution is -2.23. The van der Waals surface area contributed by atoms with Crippen LogP contribution in [0.2, 0.25) is 0 Å². The Kier molecular flexibility index (Phi) is 4.14. The van der Waals surface area contributed by atoms with Gasteiger partial charge in [0.15, 0.2) is 0 Å². The molecule has 1 unspecified atom stereocenters. The number of nitrogens with two attached hydrogens (primary N) is 1. The van der Waals surface area contributed by atoms with Gasteiger partial charge < -0.3 is 10.5 Å². The number of ether oxygens (including phenoxy) is 1. The Hall–Kier alpha value is -0.570. The third-order valence-electron chi connectivity index (χ3n) is 2.79. The molecule has 0 saturated heterocycles. The van der Waals surface area contributed by atoms with E-state index in [2.05, 4.69) is 32.0 Å². The SMILES string of the molecule is CC(C)c1ccc2c(c1)C(N)COC2.Cl. The minimum atomic E-state index is 0. The molecule has 0 radical (unpaired) electrons. The highest BCUT2D eigenvalue weighted by atomic mass is 35.5. The van der Waals surface area contributed by atoms with E-state index in [4.69, 9.17) is 10.5 Å². The van der Waals surface area contributed by atoms with Crippen molar-refractivity contribution in [3.8, 4) is 0 Å². The number of fused-ring (bicyclic) bond motifs is 1. The second-order valence-electron chi connectivity index (χ2n) is 4.23. The zero-order valence-corrected chi connectivity index (χ0v) is 10.0. The van der Waals surface area contributed by atoms with Crippen LogP contribution < -0.4 is 5.73 Å². The first-order valence-corrected chi connectivity index (χ1v) is 5.14. The molecule has 1 aromatic rings. The van der Waals surface area contributed by atoms with E-state index in [9.17, 15) is 0 Å². The predicted octanol–water partition coefficient (Wildman–Crippen LogP) is 2.76. The first kappa shape index (κ1) is 12.5. The van der Waals surface area contributed by atoms with Gasteiger partial charge in [-0.25, -0.2) is 0 Å². The topological polar surface area (TPSA) is 35.2 Å². The Balaban J connectivity index is 0.00000112. The van der Waals surface area contributed by atoms with Gasteiger partial charge in [-0.05, 0) is 22.6 Å². The molecule has 1 heterocycles. The van der Waals surface area contributed by atoms with Crippen LogP contribution in [0.5, 0.6) is 0 Å². The average molecular weight is 228 g/mol. The Morgan fingerprint density at radius 1 is 1.40 bits per heavy atom. The molecule has 0 saturated carbocycles. The van der Waals surface area contributed by atoms with Crippen LogP contribution in [0.4, 0.5) is 0 Å². The van der Waals surface area contributed by atoms with Crippen molar-refractivity contribution in [2.75, 3.05) is 6.61 Å². The van der Waals surface area contributed by atoms with Crippen molar-refractivity contribution in [2.45, 2.75) is 32.4 Å². The minimum absolute atomic E-state index is 0. The summed E-state index contributed by atoms with van der Waals surface area (Å²) in [4.78, 5) is 0. The molecule has 2 N–H and O–H groups in total. The van der Waals surface area contributed by atoms with Crippen LogP contribution in [-0.4, -0.2) is 6.61 Å². The first-order valence-electron chi connectivity index (χ1n) is 5.14. The summed E-state index contributed by atoms with van der Waals surface area (Å²) in [6, 6.07) is 6.60. The molecular weight excluding hydrogens is 210 g/mol. The highest BCUT2D eigenvalue weighted by molar-refractivity contribution is 5.85. The quantitative estimate of drug-likeness (QED) is 0.801. The van der Waals surface area contributed by atoms with E-state index in [1.54, 1.807) is 0 Å². The van der Waals surface area contributed by atoms with Gasteiger partial charge in [-0.1, -0.05) is 32.0 Å². The summed E-state index contributed by atoms with van der Waals surface area (Å²) in [5, 5.41) is 0. The normalized spacial score (nSPS) is 19.6. The van der Waals surface area contributed by atoms with E-state index >= 15 is 0 Å². The summed E-state index contributed by atoms with van der Waals surface area (Å²) < 4.78 is 5.38. The second-order valence-corrected chi connectivity index (χ2v) is 4.23. The standard InChI is InChI=1S/C12H17NO.ClH/c1-8(2)9-3-4-10-6-14-7-12(13)11(10)5-9;/h3-5,8,12H,6-7,13H2,1-2H3;1H. The van der Waals surface area contributed by atoms with Crippen molar-refractivity contribution in [3.05, 3.63) is 34.9 Å². The molecule has 1 atom stereocenters. The molecule has 0 spiro atoms. The lowest BCUT2D eigenvalue weighted by Gasteiger charge is -2.23. The fourth-order valence-electron chi connectivity index (χ4n) is 1.83. The summed E-state index contributed by atoms with van der Waals surface area (Å²) in [6.45, 7) is 5.76. The van der Waals surface area contributed by atoms with E-state index in [-0.39, 0.29) is 18.4 Å². The highest BCUT2D eigenvalue weighted by Gasteiger charge is 2.17. The number of hydrogen-bond donors (Lipinski definition) is 1. The lowest BCUT2D eigenvalue weighted by molar-refractivity contribution is 0.0923. The Morgan fingerprint density at radius 2 is 2.13 bits per heavy atom. The molecule has 3 heteroatoms. The average Bonchev–Trinajstić information content (AvgIpc) is 2.18. The van der Waals surface area contributed by atoms with Gasteiger partial charge in [0.1, 0.15) is 0 Å². The first-order chi connectivity index (χ1) is 6.68. The van der Waals surface area contributed by atoms with Crippen LogP contribution in [-0.2, 0) is 11.3 Å². The third kappa shape index (κ3) is 2.51. The minimum Gasteiger partial charge on any atom is -0.375 e. The van der Waals surface area contributed by atoms with Crippen molar-refractivity contribution in [3.63, 3.8) is 0 Å². The molecule has 1 aliphatic rings. The van der Waals surface area contributed by atoms with Crippen LogP contribution in [0.3, 0.4) is 0 Å². The summed E-state index contributed by atoms with van der Waals surface area (Å²) >= 11 is 0. The van der Waals surface area contributed by atoms with E-state index in [1.807, 2.05) is 0 Å². The largest absolute Gasteiger partial charge is 0.375 e. The van der Waals surface area contributed by atoms with Gasteiger partial charge in [-0.15, -0.1) is 12.4 Å². The zero-order chi connectivity index (χ0) is 10.1. The van der Waals surface area contributed by atoms with Gasteiger partial charge in [-0.3, -0.25) is 0 Å². The summed E-state index contributed by atoms with van der Waals surface area (Å²) in [6.07, 6.45) is 0. The molecule has 2 rings (SSSR count). The molecule has 15 heavy (non-hydrogen) atoms. The van der Waals surface area contributed by atoms with Gasteiger partial charge >= 0.3 is 0 Å². The van der Waals surface area contributed by atoms with Crippen LogP contribution in [0.25, 0.3) is 0 Å². The van der Waals surface area contributed by atoms with E-state index in [0.29, 0.717) is 19.1 Å². The maximum absolute atomic E-state index is 5.99. The predicted molar refractivity (Wildman–Crippen MR) is 64.4 cm³/mol. The maximum Gasteiger partial charge on any atom is 0.0721 e. The number of hydrogen-bond acceptors (Lipinski definition) is 2. The lowest BCUT2D eigenvalue weighted by atomic mass is 9.93. The zero-order valence-electron chi connectivity index (χ0n) is 9.19. The summed E-state index contributed by atoms with van der Waals surface area (Å²) in [5.41, 5.74) is 9.86. The summed E-state index contributed by atoms with van der Waals surface area (Å²) in [7, 11) is 0. The molecule has 1 aromatic carbocycles. The maximum atomic E-state index is 5.99. The fourth-order valence-corrected chi connectivity index (χ4v) is 1.83. The van der Waals surface area contributed by atoms with Crippen LogP contribution in [0.1, 0.15) is 42.5 Å². The summed E-state index contributed by atoms with van der Waals surface area (Å²) in [5.74, 6) is 0.565. The Labute approximate surface area is 97.2 Å². The smallest absolute Gasteiger partial charge is 0.0721 e. The molecule has 0 aliphatic carbocycles. The van der Waals surface area contributed by atoms with E-state index in [1.165, 1.54) is 16.7 Å². The molecule has 0 aromatic heterocycles. The monoisotopic (exact) mass is 227 g/mol. The Bertz CT molecular complexity index is 338. The van der Waals surface area contributed by atoms with Crippen molar-refractivity contribution in [1.29, 1.82) is 0 Å². The van der Waals surface area contributed by atoms with E-state index < -0.39 is 0 Å². The Morgan fingerprint density at radius 3 is 2.80 bits per heavy atom. The van der Waals surface area contributed by atoms with Gasteiger partial charge in [0, 0.05) is 0 Å². The molecule has 0 fully saturated rings. The molecule has 84 valence electrons. The second kappa shape index (κ2) is 4.97. The van der Waals surface area contributed by atoms with Crippen molar-refractivity contribution < 1.29 is 4.74 Å². The highest BCUT2D eigenvalue weighted by Crippen LogP contribution is 2.26.